The molecule has 5 nitrogen and oxygen atoms in total. The van der Waals surface area contributed by atoms with E-state index < -0.39 is 0 Å². The lowest BCUT2D eigenvalue weighted by molar-refractivity contribution is 0.474. The molecule has 0 saturated heterocycles. The second kappa shape index (κ2) is 3.85. The summed E-state index contributed by atoms with van der Waals surface area (Å²) in [5, 5.41) is 17.8. The summed E-state index contributed by atoms with van der Waals surface area (Å²) >= 11 is 0. The maximum absolute atomic E-state index is 9.49. The van der Waals surface area contributed by atoms with E-state index in [1.807, 2.05) is 6.07 Å². The first-order chi connectivity index (χ1) is 8.25. The Hall–Kier alpha value is -1.88. The van der Waals surface area contributed by atoms with Crippen LogP contribution < -0.4 is 5.73 Å². The molecule has 17 heavy (non-hydrogen) atoms. The van der Waals surface area contributed by atoms with Crippen molar-refractivity contribution < 1.29 is 5.11 Å². The van der Waals surface area contributed by atoms with Crippen LogP contribution in [0.5, 0.6) is 5.75 Å². The molecule has 3 N–H and O–H groups in total. The molecular weight excluding hydrogens is 216 g/mol. The summed E-state index contributed by atoms with van der Waals surface area (Å²) in [6.45, 7) is 0. The first kappa shape index (κ1) is 10.3. The zero-order chi connectivity index (χ0) is 11.8. The Morgan fingerprint density at radius 2 is 2.29 bits per heavy atom. The quantitative estimate of drug-likeness (QED) is 0.774. The Kier molecular flexibility index (Phi) is 2.33. The molecule has 0 fully saturated rings. The smallest absolute Gasteiger partial charge is 0.117 e. The van der Waals surface area contributed by atoms with Crippen molar-refractivity contribution in [2.45, 2.75) is 25.3 Å². The highest BCUT2D eigenvalue weighted by Gasteiger charge is 2.24. The summed E-state index contributed by atoms with van der Waals surface area (Å²) in [7, 11) is 0. The molecule has 5 heteroatoms. The van der Waals surface area contributed by atoms with Crippen LogP contribution in [-0.2, 0) is 6.42 Å². The van der Waals surface area contributed by atoms with Crippen molar-refractivity contribution in [2.24, 2.45) is 5.73 Å². The van der Waals surface area contributed by atoms with E-state index in [4.69, 9.17) is 5.73 Å². The number of rotatable bonds is 1. The normalized spacial score (nSPS) is 19.0. The van der Waals surface area contributed by atoms with Gasteiger partial charge in [-0.2, -0.15) is 0 Å². The summed E-state index contributed by atoms with van der Waals surface area (Å²) in [6, 6.07) is 6.95. The molecule has 3 rings (SSSR count). The van der Waals surface area contributed by atoms with Crippen LogP contribution in [0, 0.1) is 0 Å². The number of aromatic hydroxyl groups is 1. The van der Waals surface area contributed by atoms with Crippen LogP contribution in [0.1, 0.15) is 30.3 Å². The van der Waals surface area contributed by atoms with E-state index in [0.29, 0.717) is 0 Å². The number of aryl methyl sites for hydroxylation is 1. The van der Waals surface area contributed by atoms with Crippen molar-refractivity contribution >= 4 is 0 Å². The van der Waals surface area contributed by atoms with Gasteiger partial charge in [-0.25, -0.2) is 4.68 Å². The average molecular weight is 230 g/mol. The van der Waals surface area contributed by atoms with E-state index in [1.165, 1.54) is 0 Å². The van der Waals surface area contributed by atoms with Gasteiger partial charge in [-0.1, -0.05) is 11.3 Å². The zero-order valence-corrected chi connectivity index (χ0v) is 9.37. The molecule has 0 radical (unpaired) electrons. The van der Waals surface area contributed by atoms with Gasteiger partial charge >= 0.3 is 0 Å². The standard InChI is InChI=1S/C12H14N4O/c13-10-5-2-6-11-12(10)16(15-14-11)8-3-1-4-9(17)7-8/h1,3-4,7,10,17H,2,5-6,13H2. The number of hydrogen-bond acceptors (Lipinski definition) is 4. The minimum absolute atomic E-state index is 0.0175. The lowest BCUT2D eigenvalue weighted by Crippen LogP contribution is -2.20. The highest BCUT2D eigenvalue weighted by molar-refractivity contribution is 5.40. The van der Waals surface area contributed by atoms with Crippen molar-refractivity contribution in [3.05, 3.63) is 35.7 Å². The molecular formula is C12H14N4O. The molecule has 1 aliphatic carbocycles. The Balaban J connectivity index is 2.13. The van der Waals surface area contributed by atoms with Crippen molar-refractivity contribution in [1.29, 1.82) is 0 Å². The summed E-state index contributed by atoms with van der Waals surface area (Å²) in [4.78, 5) is 0. The van der Waals surface area contributed by atoms with Crippen LogP contribution in [0.3, 0.4) is 0 Å². The fraction of sp³-hybridized carbons (Fsp3) is 0.333. The molecule has 2 aromatic rings. The highest BCUT2D eigenvalue weighted by Crippen LogP contribution is 2.28. The molecule has 0 aliphatic heterocycles. The number of hydrogen-bond donors (Lipinski definition) is 2. The Morgan fingerprint density at radius 1 is 1.41 bits per heavy atom. The minimum Gasteiger partial charge on any atom is -0.508 e. The molecule has 0 bridgehead atoms. The molecule has 0 saturated carbocycles. The number of phenols is 1. The van der Waals surface area contributed by atoms with Crippen LogP contribution >= 0.6 is 0 Å². The van der Waals surface area contributed by atoms with Gasteiger partial charge < -0.3 is 10.8 Å². The fourth-order valence-corrected chi connectivity index (χ4v) is 2.31. The van der Waals surface area contributed by atoms with Crippen LogP contribution in [0.4, 0.5) is 0 Å². The van der Waals surface area contributed by atoms with Gasteiger partial charge in [0.05, 0.1) is 17.1 Å². The van der Waals surface area contributed by atoms with Crippen molar-refractivity contribution in [1.82, 2.24) is 15.0 Å². The fourth-order valence-electron chi connectivity index (χ4n) is 2.31. The van der Waals surface area contributed by atoms with Crippen LogP contribution in [0.15, 0.2) is 24.3 Å². The van der Waals surface area contributed by atoms with Gasteiger partial charge in [-0.05, 0) is 31.4 Å². The van der Waals surface area contributed by atoms with Gasteiger partial charge in [-0.3, -0.25) is 0 Å². The molecule has 0 spiro atoms. The van der Waals surface area contributed by atoms with E-state index in [2.05, 4.69) is 10.3 Å². The lowest BCUT2D eigenvalue weighted by Gasteiger charge is -2.19. The molecule has 1 aromatic heterocycles. The Labute approximate surface area is 98.9 Å². The van der Waals surface area contributed by atoms with Crippen LogP contribution in [0.25, 0.3) is 5.69 Å². The number of benzene rings is 1. The second-order valence-corrected chi connectivity index (χ2v) is 4.35. The predicted molar refractivity (Wildman–Crippen MR) is 62.9 cm³/mol. The average Bonchev–Trinajstić information content (AvgIpc) is 2.74. The van der Waals surface area contributed by atoms with Gasteiger partial charge in [0, 0.05) is 12.1 Å². The molecule has 88 valence electrons. The number of aromatic nitrogens is 3. The van der Waals surface area contributed by atoms with E-state index in [0.717, 1.165) is 36.3 Å². The van der Waals surface area contributed by atoms with Gasteiger partial charge in [0.2, 0.25) is 0 Å². The lowest BCUT2D eigenvalue weighted by atomic mass is 9.96. The largest absolute Gasteiger partial charge is 0.508 e. The van der Waals surface area contributed by atoms with Crippen LogP contribution in [0.2, 0.25) is 0 Å². The second-order valence-electron chi connectivity index (χ2n) is 4.35. The Morgan fingerprint density at radius 3 is 3.12 bits per heavy atom. The first-order valence-electron chi connectivity index (χ1n) is 5.75. The van der Waals surface area contributed by atoms with E-state index >= 15 is 0 Å². The van der Waals surface area contributed by atoms with Crippen molar-refractivity contribution in [3.63, 3.8) is 0 Å². The van der Waals surface area contributed by atoms with E-state index in [9.17, 15) is 5.11 Å². The summed E-state index contributed by atoms with van der Waals surface area (Å²) in [5.74, 6) is 0.219. The van der Waals surface area contributed by atoms with Crippen molar-refractivity contribution in [3.8, 4) is 11.4 Å². The van der Waals surface area contributed by atoms with Gasteiger partial charge in [0.15, 0.2) is 0 Å². The SMILES string of the molecule is NC1CCCc2nnn(-c3cccc(O)c3)c21. The molecule has 0 amide bonds. The topological polar surface area (TPSA) is 77.0 Å². The number of phenolic OH excluding ortho intramolecular Hbond substituents is 1. The third kappa shape index (κ3) is 1.68. The van der Waals surface area contributed by atoms with Gasteiger partial charge in [0.1, 0.15) is 5.75 Å². The minimum atomic E-state index is -0.0175. The zero-order valence-electron chi connectivity index (χ0n) is 9.37. The monoisotopic (exact) mass is 230 g/mol. The van der Waals surface area contributed by atoms with Crippen molar-refractivity contribution in [2.75, 3.05) is 0 Å². The first-order valence-corrected chi connectivity index (χ1v) is 5.75. The number of fused-ring (bicyclic) bond motifs is 1. The molecule has 1 unspecified atom stereocenters. The molecule has 1 aliphatic rings. The molecule has 1 aromatic carbocycles. The molecule has 1 atom stereocenters. The van der Waals surface area contributed by atoms with E-state index in [1.54, 1.807) is 22.9 Å². The molecule has 1 heterocycles. The maximum atomic E-state index is 9.49. The van der Waals surface area contributed by atoms with Crippen LogP contribution in [-0.4, -0.2) is 20.1 Å². The third-order valence-electron chi connectivity index (χ3n) is 3.13. The maximum Gasteiger partial charge on any atom is 0.117 e. The number of nitrogens with zero attached hydrogens (tertiary/aromatic N) is 3. The van der Waals surface area contributed by atoms with E-state index in [-0.39, 0.29) is 11.8 Å². The number of nitrogens with two attached hydrogens (primary N) is 1. The third-order valence-corrected chi connectivity index (χ3v) is 3.13. The summed E-state index contributed by atoms with van der Waals surface area (Å²) in [6.07, 6.45) is 2.95. The highest BCUT2D eigenvalue weighted by atomic mass is 16.3. The Bertz CT molecular complexity index is 549. The summed E-state index contributed by atoms with van der Waals surface area (Å²) in [5.41, 5.74) is 8.86. The van der Waals surface area contributed by atoms with Gasteiger partial charge in [0.25, 0.3) is 0 Å². The summed E-state index contributed by atoms with van der Waals surface area (Å²) < 4.78 is 1.74. The van der Waals surface area contributed by atoms with Gasteiger partial charge in [-0.15, -0.1) is 5.10 Å². The predicted octanol–water partition coefficient (Wildman–Crippen LogP) is 1.31.